The van der Waals surface area contributed by atoms with Crippen molar-refractivity contribution < 1.29 is 19.1 Å². The molecule has 3 aliphatic heterocycles. The number of rotatable bonds is 8. The standard InChI is InChI=1S/C32H40N6O4S/c1-19-17-21(42-20-9-5-4-6-10-20)13-14-24(19)38-25-15-16-33-31-27(25)28(36-32(38)41)29(43-31)30(40)35-23-12-8-7-11-22(23)34-26(39)18-37(2)3/h4-6,9-10,13-14,17,22-23,25,27,31,33H,7-8,11-12,15-16,18H2,1-3H3,(H,34,39)(H,35,40)(H,36,41)/t22-,23+,25?,27?,31?/m0/s1. The zero-order valence-electron chi connectivity index (χ0n) is 24.9. The number of aryl methyl sites for hydroxylation is 1. The normalized spacial score (nSPS) is 26.6. The zero-order valence-corrected chi connectivity index (χ0v) is 25.7. The number of carbonyl (C=O) groups is 3. The fourth-order valence-electron chi connectivity index (χ4n) is 6.74. The van der Waals surface area contributed by atoms with Crippen molar-refractivity contribution in [1.82, 2.24) is 26.2 Å². The fourth-order valence-corrected chi connectivity index (χ4v) is 8.14. The van der Waals surface area contributed by atoms with Crippen molar-refractivity contribution in [2.75, 3.05) is 32.1 Å². The molecular weight excluding hydrogens is 564 g/mol. The van der Waals surface area contributed by atoms with Gasteiger partial charge in [-0.05, 0) is 82.7 Å². The Balaban J connectivity index is 1.20. The summed E-state index contributed by atoms with van der Waals surface area (Å²) in [5.41, 5.74) is 2.48. The number of hydrogen-bond donors (Lipinski definition) is 4. The highest BCUT2D eigenvalue weighted by Gasteiger charge is 2.52. The molecule has 3 fully saturated rings. The minimum Gasteiger partial charge on any atom is -0.457 e. The van der Waals surface area contributed by atoms with Gasteiger partial charge in [0.15, 0.2) is 0 Å². The molecule has 0 radical (unpaired) electrons. The van der Waals surface area contributed by atoms with Crippen LogP contribution in [0.4, 0.5) is 10.5 Å². The Morgan fingerprint density at radius 2 is 1.77 bits per heavy atom. The van der Waals surface area contributed by atoms with Crippen molar-refractivity contribution in [3.05, 3.63) is 64.7 Å². The Kier molecular flexibility index (Phi) is 8.65. The number of anilines is 1. The van der Waals surface area contributed by atoms with Gasteiger partial charge in [0.05, 0.1) is 22.9 Å². The maximum absolute atomic E-state index is 13.7. The van der Waals surface area contributed by atoms with Gasteiger partial charge in [-0.25, -0.2) is 4.79 Å². The molecule has 0 bridgehead atoms. The van der Waals surface area contributed by atoms with Gasteiger partial charge in [0.1, 0.15) is 11.5 Å². The van der Waals surface area contributed by atoms with Gasteiger partial charge >= 0.3 is 6.03 Å². The number of ether oxygens (including phenoxy) is 1. The van der Waals surface area contributed by atoms with Crippen LogP contribution in [0.1, 0.15) is 37.7 Å². The van der Waals surface area contributed by atoms with E-state index in [4.69, 9.17) is 4.74 Å². The molecule has 3 unspecified atom stereocenters. The molecule has 4 amide bonds. The van der Waals surface area contributed by atoms with E-state index in [1.807, 2.05) is 79.3 Å². The molecular formula is C32H40N6O4S. The molecule has 6 rings (SSSR count). The van der Waals surface area contributed by atoms with Gasteiger partial charge < -0.3 is 30.9 Å². The Morgan fingerprint density at radius 1 is 1.02 bits per heavy atom. The van der Waals surface area contributed by atoms with Crippen LogP contribution in [-0.4, -0.2) is 73.4 Å². The second kappa shape index (κ2) is 12.6. The summed E-state index contributed by atoms with van der Waals surface area (Å²) in [5.74, 6) is 1.20. The van der Waals surface area contributed by atoms with Crippen molar-refractivity contribution in [3.8, 4) is 11.5 Å². The molecule has 2 aromatic carbocycles. The third-order valence-electron chi connectivity index (χ3n) is 8.64. The van der Waals surface area contributed by atoms with Gasteiger partial charge in [0.2, 0.25) is 5.91 Å². The highest BCUT2D eigenvalue weighted by atomic mass is 32.2. The first kappa shape index (κ1) is 29.5. The number of benzene rings is 2. The molecule has 0 aromatic heterocycles. The van der Waals surface area contributed by atoms with Gasteiger partial charge in [-0.15, -0.1) is 0 Å². The Bertz CT molecular complexity index is 1420. The van der Waals surface area contributed by atoms with E-state index in [0.717, 1.165) is 55.6 Å². The van der Waals surface area contributed by atoms with Crippen LogP contribution in [0.5, 0.6) is 11.5 Å². The molecule has 5 atom stereocenters. The predicted octanol–water partition coefficient (Wildman–Crippen LogP) is 3.68. The average molecular weight is 605 g/mol. The molecule has 2 saturated heterocycles. The molecule has 1 aliphatic carbocycles. The minimum absolute atomic E-state index is 0.0134. The molecule has 4 aliphatic rings. The molecule has 0 spiro atoms. The van der Waals surface area contributed by atoms with Crippen LogP contribution in [-0.2, 0) is 9.59 Å². The van der Waals surface area contributed by atoms with Crippen molar-refractivity contribution in [1.29, 1.82) is 0 Å². The summed E-state index contributed by atoms with van der Waals surface area (Å²) in [4.78, 5) is 44.2. The van der Waals surface area contributed by atoms with Gasteiger partial charge in [0.25, 0.3) is 5.91 Å². The van der Waals surface area contributed by atoms with Crippen LogP contribution >= 0.6 is 11.8 Å². The third kappa shape index (κ3) is 6.25. The van der Waals surface area contributed by atoms with Crippen molar-refractivity contribution >= 4 is 35.3 Å². The molecule has 11 heteroatoms. The van der Waals surface area contributed by atoms with E-state index < -0.39 is 0 Å². The minimum atomic E-state index is -0.226. The summed E-state index contributed by atoms with van der Waals surface area (Å²) in [7, 11) is 3.73. The van der Waals surface area contributed by atoms with Gasteiger partial charge in [-0.1, -0.05) is 42.8 Å². The van der Waals surface area contributed by atoms with E-state index in [-0.39, 0.29) is 47.3 Å². The lowest BCUT2D eigenvalue weighted by atomic mass is 9.86. The van der Waals surface area contributed by atoms with Crippen LogP contribution in [0.15, 0.2) is 59.1 Å². The lowest BCUT2D eigenvalue weighted by Crippen LogP contribution is -2.62. The smallest absolute Gasteiger partial charge is 0.326 e. The van der Waals surface area contributed by atoms with Crippen molar-refractivity contribution in [2.45, 2.75) is 62.5 Å². The van der Waals surface area contributed by atoms with E-state index in [2.05, 4.69) is 21.3 Å². The summed E-state index contributed by atoms with van der Waals surface area (Å²) in [6.45, 7) is 3.05. The molecule has 3 heterocycles. The van der Waals surface area contributed by atoms with Gasteiger partial charge in [-0.3, -0.25) is 14.5 Å². The fraction of sp³-hybridized carbons (Fsp3) is 0.469. The van der Waals surface area contributed by atoms with E-state index in [0.29, 0.717) is 22.9 Å². The first-order valence-corrected chi connectivity index (χ1v) is 16.0. The first-order valence-electron chi connectivity index (χ1n) is 15.1. The summed E-state index contributed by atoms with van der Waals surface area (Å²) in [5, 5.41) is 13.0. The number of thioether (sulfide) groups is 1. The van der Waals surface area contributed by atoms with Crippen LogP contribution in [0.25, 0.3) is 0 Å². The topological polar surface area (TPSA) is 115 Å². The predicted molar refractivity (Wildman–Crippen MR) is 168 cm³/mol. The van der Waals surface area contributed by atoms with Crippen LogP contribution in [0.3, 0.4) is 0 Å². The van der Waals surface area contributed by atoms with Crippen molar-refractivity contribution in [3.63, 3.8) is 0 Å². The number of urea groups is 1. The van der Waals surface area contributed by atoms with E-state index in [1.165, 1.54) is 11.8 Å². The maximum Gasteiger partial charge on any atom is 0.326 e. The largest absolute Gasteiger partial charge is 0.457 e. The summed E-state index contributed by atoms with van der Waals surface area (Å²) < 4.78 is 6.02. The number of para-hydroxylation sites is 1. The van der Waals surface area contributed by atoms with E-state index >= 15 is 0 Å². The average Bonchev–Trinajstić information content (AvgIpc) is 3.34. The number of nitrogens with one attached hydrogen (secondary N) is 4. The number of carbonyl (C=O) groups excluding carboxylic acids is 3. The molecule has 1 saturated carbocycles. The molecule has 4 N–H and O–H groups in total. The van der Waals surface area contributed by atoms with Crippen LogP contribution in [0, 0.1) is 12.8 Å². The van der Waals surface area contributed by atoms with Gasteiger partial charge in [-0.2, -0.15) is 0 Å². The van der Waals surface area contributed by atoms with Crippen LogP contribution < -0.4 is 30.9 Å². The lowest BCUT2D eigenvalue weighted by molar-refractivity contribution is -0.124. The third-order valence-corrected chi connectivity index (χ3v) is 10.00. The summed E-state index contributed by atoms with van der Waals surface area (Å²) in [6, 6.07) is 14.9. The number of amides is 4. The Morgan fingerprint density at radius 3 is 2.49 bits per heavy atom. The second-order valence-electron chi connectivity index (χ2n) is 12.1. The SMILES string of the molecule is Cc1cc(Oc2ccccc2)ccc1N1C(=O)NC2=C(C(=O)N[C@@H]3CCCC[C@@H]3NC(=O)CN(C)C)SC3NCCC1C23. The molecule has 2 aromatic rings. The molecule has 228 valence electrons. The monoisotopic (exact) mass is 604 g/mol. The quantitative estimate of drug-likeness (QED) is 0.364. The second-order valence-corrected chi connectivity index (χ2v) is 13.2. The molecule has 10 nitrogen and oxygen atoms in total. The highest BCUT2D eigenvalue weighted by Crippen LogP contribution is 2.48. The molecule has 43 heavy (non-hydrogen) atoms. The summed E-state index contributed by atoms with van der Waals surface area (Å²) in [6.07, 6.45) is 4.43. The van der Waals surface area contributed by atoms with Crippen molar-refractivity contribution in [2.24, 2.45) is 5.92 Å². The number of piperidine rings is 1. The van der Waals surface area contributed by atoms with Gasteiger partial charge in [0, 0.05) is 29.4 Å². The van der Waals surface area contributed by atoms with Crippen LogP contribution in [0.2, 0.25) is 0 Å². The lowest BCUT2D eigenvalue weighted by Gasteiger charge is -2.46. The zero-order chi connectivity index (χ0) is 30.1. The number of hydrogen-bond acceptors (Lipinski definition) is 7. The Hall–Kier alpha value is -3.54. The first-order chi connectivity index (χ1) is 20.8. The number of likely N-dealkylation sites (N-methyl/N-ethyl adjacent to an activating group) is 1. The van der Waals surface area contributed by atoms with E-state index in [1.54, 1.807) is 0 Å². The highest BCUT2D eigenvalue weighted by molar-refractivity contribution is 8.04. The van der Waals surface area contributed by atoms with E-state index in [9.17, 15) is 14.4 Å². The number of nitrogens with zero attached hydrogens (tertiary/aromatic N) is 2. The summed E-state index contributed by atoms with van der Waals surface area (Å²) >= 11 is 1.50. The maximum atomic E-state index is 13.7. The Labute approximate surface area is 257 Å².